The van der Waals surface area contributed by atoms with Crippen LogP contribution >= 0.6 is 0 Å². The van der Waals surface area contributed by atoms with Crippen molar-refractivity contribution in [3.63, 3.8) is 0 Å². The fourth-order valence-electron chi connectivity index (χ4n) is 1.59. The first-order valence-corrected chi connectivity index (χ1v) is 5.27. The summed E-state index contributed by atoms with van der Waals surface area (Å²) in [5.74, 6) is 1.07. The second-order valence-electron chi connectivity index (χ2n) is 4.18. The quantitative estimate of drug-likeness (QED) is 0.520. The van der Waals surface area contributed by atoms with Crippen LogP contribution in [0, 0.1) is 5.92 Å². The molecule has 0 aromatic heterocycles. The van der Waals surface area contributed by atoms with Crippen molar-refractivity contribution >= 4 is 5.96 Å². The van der Waals surface area contributed by atoms with Crippen LogP contribution in [0.4, 0.5) is 0 Å². The van der Waals surface area contributed by atoms with E-state index < -0.39 is 0 Å². The molecule has 0 spiro atoms. The Kier molecular flexibility index (Phi) is 4.20. The highest BCUT2D eigenvalue weighted by atomic mass is 16.5. The summed E-state index contributed by atoms with van der Waals surface area (Å²) in [5.41, 5.74) is 5.74. The number of nitrogens with one attached hydrogen (secondary N) is 1. The highest BCUT2D eigenvalue weighted by molar-refractivity contribution is 5.78. The molecular weight excluding hydrogens is 178 g/mol. The first-order chi connectivity index (χ1) is 6.59. The van der Waals surface area contributed by atoms with Crippen LogP contribution in [0.5, 0.6) is 0 Å². The maximum absolute atomic E-state index is 5.74. The largest absolute Gasteiger partial charge is 0.381 e. The minimum Gasteiger partial charge on any atom is -0.381 e. The van der Waals surface area contributed by atoms with Gasteiger partial charge in [-0.15, -0.1) is 0 Å². The lowest BCUT2D eigenvalue weighted by Gasteiger charge is -2.15. The van der Waals surface area contributed by atoms with Crippen LogP contribution in [0.15, 0.2) is 4.99 Å². The number of ether oxygens (including phenoxy) is 1. The predicted molar refractivity (Wildman–Crippen MR) is 58.3 cm³/mol. The molecule has 0 amide bonds. The summed E-state index contributed by atoms with van der Waals surface area (Å²) in [4.78, 5) is 4.40. The van der Waals surface area contributed by atoms with Gasteiger partial charge in [0.15, 0.2) is 5.96 Å². The van der Waals surface area contributed by atoms with E-state index in [1.54, 1.807) is 0 Å². The van der Waals surface area contributed by atoms with E-state index in [1.165, 1.54) is 0 Å². The number of guanidine groups is 1. The van der Waals surface area contributed by atoms with Gasteiger partial charge in [0.2, 0.25) is 0 Å². The van der Waals surface area contributed by atoms with Gasteiger partial charge in [-0.05, 0) is 27.2 Å². The molecule has 0 saturated carbocycles. The first kappa shape index (κ1) is 11.3. The minimum atomic E-state index is 0.253. The molecule has 0 aromatic rings. The fourth-order valence-corrected chi connectivity index (χ4v) is 1.59. The smallest absolute Gasteiger partial charge is 0.189 e. The molecular formula is C10H21N3O. The molecule has 0 aromatic carbocycles. The number of hydrogen-bond donors (Lipinski definition) is 2. The van der Waals surface area contributed by atoms with Crippen LogP contribution in [-0.4, -0.2) is 31.3 Å². The van der Waals surface area contributed by atoms with Gasteiger partial charge in [0.25, 0.3) is 0 Å². The van der Waals surface area contributed by atoms with E-state index in [2.05, 4.69) is 17.2 Å². The molecule has 14 heavy (non-hydrogen) atoms. The lowest BCUT2D eigenvalue weighted by molar-refractivity contribution is 0.182. The average Bonchev–Trinajstić information content (AvgIpc) is 2.53. The molecule has 1 heterocycles. The Morgan fingerprint density at radius 2 is 2.21 bits per heavy atom. The summed E-state index contributed by atoms with van der Waals surface area (Å²) < 4.78 is 5.31. The van der Waals surface area contributed by atoms with Gasteiger partial charge >= 0.3 is 0 Å². The number of rotatable bonds is 3. The van der Waals surface area contributed by atoms with Crippen LogP contribution in [0.3, 0.4) is 0 Å². The van der Waals surface area contributed by atoms with Gasteiger partial charge in [0.1, 0.15) is 0 Å². The zero-order valence-electron chi connectivity index (χ0n) is 9.29. The first-order valence-electron chi connectivity index (χ1n) is 5.27. The molecule has 1 aliphatic heterocycles. The van der Waals surface area contributed by atoms with E-state index >= 15 is 0 Å². The number of aliphatic imine (C=N–C) groups is 1. The van der Waals surface area contributed by atoms with Crippen LogP contribution in [0.2, 0.25) is 0 Å². The summed E-state index contributed by atoms with van der Waals surface area (Å²) in [6.45, 7) is 7.87. The third-order valence-electron chi connectivity index (χ3n) is 2.43. The molecule has 1 aliphatic rings. The van der Waals surface area contributed by atoms with E-state index in [0.29, 0.717) is 17.9 Å². The van der Waals surface area contributed by atoms with Crippen LogP contribution in [0.1, 0.15) is 27.2 Å². The standard InChI is InChI=1S/C10H21N3O/c1-7(2)12-10(11)13-8(3)9-4-5-14-6-9/h7-9H,4-6H2,1-3H3,(H3,11,12,13). The molecule has 2 atom stereocenters. The summed E-state index contributed by atoms with van der Waals surface area (Å²) in [5, 5.41) is 3.08. The van der Waals surface area contributed by atoms with Crippen molar-refractivity contribution in [1.29, 1.82) is 0 Å². The third kappa shape index (κ3) is 3.54. The van der Waals surface area contributed by atoms with Crippen molar-refractivity contribution in [1.82, 2.24) is 5.32 Å². The Morgan fingerprint density at radius 1 is 1.50 bits per heavy atom. The molecule has 1 rings (SSSR count). The minimum absolute atomic E-state index is 0.253. The van der Waals surface area contributed by atoms with Gasteiger partial charge in [-0.2, -0.15) is 0 Å². The van der Waals surface area contributed by atoms with Crippen molar-refractivity contribution in [2.75, 3.05) is 13.2 Å². The highest BCUT2D eigenvalue weighted by Gasteiger charge is 2.21. The summed E-state index contributed by atoms with van der Waals surface area (Å²) in [6.07, 6.45) is 1.10. The van der Waals surface area contributed by atoms with E-state index in [0.717, 1.165) is 19.6 Å². The Balaban J connectivity index is 2.39. The normalized spacial score (nSPS) is 25.4. The molecule has 0 radical (unpaired) electrons. The number of nitrogens with zero attached hydrogens (tertiary/aromatic N) is 1. The molecule has 4 nitrogen and oxygen atoms in total. The molecule has 1 saturated heterocycles. The zero-order chi connectivity index (χ0) is 10.6. The highest BCUT2D eigenvalue weighted by Crippen LogP contribution is 2.18. The maximum Gasteiger partial charge on any atom is 0.189 e. The van der Waals surface area contributed by atoms with Crippen molar-refractivity contribution < 1.29 is 4.74 Å². The Bertz CT molecular complexity index is 198. The summed E-state index contributed by atoms with van der Waals surface area (Å²) in [6, 6.07) is 0.592. The van der Waals surface area contributed by atoms with Gasteiger partial charge in [-0.1, -0.05) is 0 Å². The van der Waals surface area contributed by atoms with E-state index in [4.69, 9.17) is 10.5 Å². The van der Waals surface area contributed by atoms with Gasteiger partial charge in [-0.3, -0.25) is 4.99 Å². The molecule has 82 valence electrons. The molecule has 0 aliphatic carbocycles. The zero-order valence-corrected chi connectivity index (χ0v) is 9.29. The van der Waals surface area contributed by atoms with Gasteiger partial charge in [0, 0.05) is 18.6 Å². The van der Waals surface area contributed by atoms with Gasteiger partial charge in [-0.25, -0.2) is 0 Å². The SMILES string of the molecule is CC(C)NC(N)=NC(C)C1CCOC1. The van der Waals surface area contributed by atoms with E-state index in [-0.39, 0.29) is 6.04 Å². The van der Waals surface area contributed by atoms with Crippen molar-refractivity contribution in [2.24, 2.45) is 16.6 Å². The fraction of sp³-hybridized carbons (Fsp3) is 0.900. The molecule has 4 heteroatoms. The molecule has 0 bridgehead atoms. The summed E-state index contributed by atoms with van der Waals surface area (Å²) in [7, 11) is 0. The lowest BCUT2D eigenvalue weighted by atomic mass is 10.0. The lowest BCUT2D eigenvalue weighted by Crippen LogP contribution is -2.38. The molecule has 1 fully saturated rings. The monoisotopic (exact) mass is 199 g/mol. The maximum atomic E-state index is 5.74. The molecule has 2 unspecified atom stereocenters. The van der Waals surface area contributed by atoms with Crippen LogP contribution < -0.4 is 11.1 Å². The molecule has 3 N–H and O–H groups in total. The summed E-state index contributed by atoms with van der Waals surface area (Å²) >= 11 is 0. The van der Waals surface area contributed by atoms with E-state index in [1.807, 2.05) is 13.8 Å². The van der Waals surface area contributed by atoms with Crippen LogP contribution in [0.25, 0.3) is 0 Å². The van der Waals surface area contributed by atoms with Crippen molar-refractivity contribution in [3.8, 4) is 0 Å². The Morgan fingerprint density at radius 3 is 2.71 bits per heavy atom. The Hall–Kier alpha value is -0.770. The second kappa shape index (κ2) is 5.20. The number of nitrogens with two attached hydrogens (primary N) is 1. The topological polar surface area (TPSA) is 59.6 Å². The average molecular weight is 199 g/mol. The number of hydrogen-bond acceptors (Lipinski definition) is 2. The van der Waals surface area contributed by atoms with Crippen molar-refractivity contribution in [2.45, 2.75) is 39.3 Å². The van der Waals surface area contributed by atoms with Gasteiger partial charge in [0.05, 0.1) is 12.6 Å². The third-order valence-corrected chi connectivity index (χ3v) is 2.43. The van der Waals surface area contributed by atoms with E-state index in [9.17, 15) is 0 Å². The van der Waals surface area contributed by atoms with Crippen molar-refractivity contribution in [3.05, 3.63) is 0 Å². The second-order valence-corrected chi connectivity index (χ2v) is 4.18. The predicted octanol–water partition coefficient (Wildman–Crippen LogP) is 0.724. The van der Waals surface area contributed by atoms with Crippen LogP contribution in [-0.2, 0) is 4.74 Å². The Labute approximate surface area is 85.9 Å². The van der Waals surface area contributed by atoms with Gasteiger partial charge < -0.3 is 15.8 Å².